The van der Waals surface area contributed by atoms with E-state index in [1.54, 1.807) is 12.1 Å². The van der Waals surface area contributed by atoms with Gasteiger partial charge in [-0.05, 0) is 48.1 Å². The molecule has 96 valence electrons. The first-order valence-electron chi connectivity index (χ1n) is 5.90. The molecular weight excluding hydrogens is 271 g/mol. The predicted octanol–water partition coefficient (Wildman–Crippen LogP) is 4.00. The van der Waals surface area contributed by atoms with E-state index in [4.69, 9.17) is 27.9 Å². The highest BCUT2D eigenvalue weighted by Gasteiger charge is 2.18. The van der Waals surface area contributed by atoms with Crippen molar-refractivity contribution in [2.24, 2.45) is 5.92 Å². The first-order chi connectivity index (χ1) is 8.70. The van der Waals surface area contributed by atoms with E-state index in [1.807, 2.05) is 12.1 Å². The van der Waals surface area contributed by atoms with Crippen LogP contribution in [0.15, 0.2) is 23.8 Å². The fraction of sp³-hybridized carbons (Fsp3) is 0.357. The van der Waals surface area contributed by atoms with Crippen LogP contribution in [0.3, 0.4) is 0 Å². The topological polar surface area (TPSA) is 26.3 Å². The smallest absolute Gasteiger partial charge is 0.146 e. The SMILES string of the molecule is O=CC(=Cc1ccc(Cl)cc1Cl)C1CCOCC1. The standard InChI is InChI=1S/C14H14Cl2O2/c15-13-2-1-11(14(16)8-13)7-12(9-17)10-3-5-18-6-4-10/h1-2,7-10H,3-6H2. The van der Waals surface area contributed by atoms with Crippen LogP contribution in [0.1, 0.15) is 18.4 Å². The number of carbonyl (C=O) groups is 1. The number of benzene rings is 1. The van der Waals surface area contributed by atoms with Crippen molar-refractivity contribution in [1.29, 1.82) is 0 Å². The number of rotatable bonds is 3. The minimum Gasteiger partial charge on any atom is -0.381 e. The molecule has 0 atom stereocenters. The van der Waals surface area contributed by atoms with E-state index in [0.29, 0.717) is 23.3 Å². The third kappa shape index (κ3) is 3.35. The molecule has 4 heteroatoms. The Bertz CT molecular complexity index is 463. The molecule has 0 spiro atoms. The van der Waals surface area contributed by atoms with Crippen LogP contribution in [-0.4, -0.2) is 19.5 Å². The zero-order chi connectivity index (χ0) is 13.0. The normalized spacial score (nSPS) is 17.8. The summed E-state index contributed by atoms with van der Waals surface area (Å²) in [4.78, 5) is 11.2. The van der Waals surface area contributed by atoms with Gasteiger partial charge in [0.1, 0.15) is 6.29 Å². The summed E-state index contributed by atoms with van der Waals surface area (Å²) in [7, 11) is 0. The molecular formula is C14H14Cl2O2. The molecule has 0 N–H and O–H groups in total. The Labute approximate surface area is 117 Å². The molecule has 1 saturated heterocycles. The van der Waals surface area contributed by atoms with Crippen LogP contribution in [-0.2, 0) is 9.53 Å². The van der Waals surface area contributed by atoms with Gasteiger partial charge in [0, 0.05) is 23.3 Å². The average molecular weight is 285 g/mol. The average Bonchev–Trinajstić information content (AvgIpc) is 2.39. The van der Waals surface area contributed by atoms with Gasteiger partial charge >= 0.3 is 0 Å². The van der Waals surface area contributed by atoms with Gasteiger partial charge in [-0.3, -0.25) is 4.79 Å². The largest absolute Gasteiger partial charge is 0.381 e. The van der Waals surface area contributed by atoms with Crippen molar-refractivity contribution in [3.8, 4) is 0 Å². The van der Waals surface area contributed by atoms with Gasteiger partial charge in [-0.15, -0.1) is 0 Å². The lowest BCUT2D eigenvalue weighted by atomic mass is 9.91. The molecule has 1 aliphatic rings. The van der Waals surface area contributed by atoms with E-state index in [0.717, 1.165) is 30.3 Å². The maximum absolute atomic E-state index is 11.2. The van der Waals surface area contributed by atoms with E-state index in [-0.39, 0.29) is 5.92 Å². The number of aldehydes is 1. The van der Waals surface area contributed by atoms with E-state index < -0.39 is 0 Å². The number of hydrogen-bond acceptors (Lipinski definition) is 2. The summed E-state index contributed by atoms with van der Waals surface area (Å²) in [5.41, 5.74) is 1.61. The number of halogens is 2. The lowest BCUT2D eigenvalue weighted by molar-refractivity contribution is -0.105. The second kappa shape index (κ2) is 6.37. The Morgan fingerprint density at radius 1 is 1.28 bits per heavy atom. The summed E-state index contributed by atoms with van der Waals surface area (Å²) in [6.07, 6.45) is 4.54. The quantitative estimate of drug-likeness (QED) is 0.619. The molecule has 1 heterocycles. The highest BCUT2D eigenvalue weighted by Crippen LogP contribution is 2.27. The summed E-state index contributed by atoms with van der Waals surface area (Å²) in [5.74, 6) is 0.267. The zero-order valence-corrected chi connectivity index (χ0v) is 11.4. The number of hydrogen-bond donors (Lipinski definition) is 0. The molecule has 1 aromatic rings. The van der Waals surface area contributed by atoms with Crippen molar-refractivity contribution in [2.45, 2.75) is 12.8 Å². The number of carbonyl (C=O) groups excluding carboxylic acids is 1. The van der Waals surface area contributed by atoms with Crippen LogP contribution in [0.5, 0.6) is 0 Å². The molecule has 1 fully saturated rings. The summed E-state index contributed by atoms with van der Waals surface area (Å²) >= 11 is 11.9. The maximum Gasteiger partial charge on any atom is 0.146 e. The third-order valence-corrected chi connectivity index (χ3v) is 3.68. The van der Waals surface area contributed by atoms with Crippen LogP contribution >= 0.6 is 23.2 Å². The molecule has 0 amide bonds. The Kier molecular flexibility index (Phi) is 4.81. The molecule has 0 aromatic heterocycles. The van der Waals surface area contributed by atoms with Crippen LogP contribution in [0.4, 0.5) is 0 Å². The van der Waals surface area contributed by atoms with Gasteiger partial charge in [0.2, 0.25) is 0 Å². The van der Waals surface area contributed by atoms with Crippen molar-refractivity contribution in [2.75, 3.05) is 13.2 Å². The molecule has 0 saturated carbocycles. The second-order valence-corrected chi connectivity index (χ2v) is 5.16. The number of ether oxygens (including phenoxy) is 1. The first kappa shape index (κ1) is 13.6. The monoisotopic (exact) mass is 284 g/mol. The predicted molar refractivity (Wildman–Crippen MR) is 74.0 cm³/mol. The Morgan fingerprint density at radius 2 is 2.00 bits per heavy atom. The lowest BCUT2D eigenvalue weighted by Crippen LogP contribution is -2.18. The van der Waals surface area contributed by atoms with Crippen molar-refractivity contribution in [3.63, 3.8) is 0 Å². The van der Waals surface area contributed by atoms with Gasteiger partial charge in [0.25, 0.3) is 0 Å². The van der Waals surface area contributed by atoms with Gasteiger partial charge in [0.05, 0.1) is 0 Å². The van der Waals surface area contributed by atoms with Crippen molar-refractivity contribution in [1.82, 2.24) is 0 Å². The Hall–Kier alpha value is -0.830. The van der Waals surface area contributed by atoms with Crippen LogP contribution in [0, 0.1) is 5.92 Å². The maximum atomic E-state index is 11.2. The lowest BCUT2D eigenvalue weighted by Gasteiger charge is -2.22. The minimum absolute atomic E-state index is 0.267. The molecule has 1 aromatic carbocycles. The fourth-order valence-electron chi connectivity index (χ4n) is 2.08. The molecule has 18 heavy (non-hydrogen) atoms. The number of allylic oxidation sites excluding steroid dienone is 1. The van der Waals surface area contributed by atoms with E-state index in [2.05, 4.69) is 0 Å². The zero-order valence-electron chi connectivity index (χ0n) is 9.86. The van der Waals surface area contributed by atoms with Crippen molar-refractivity contribution >= 4 is 35.6 Å². The highest BCUT2D eigenvalue weighted by atomic mass is 35.5. The van der Waals surface area contributed by atoms with Crippen LogP contribution in [0.25, 0.3) is 6.08 Å². The van der Waals surface area contributed by atoms with Crippen molar-refractivity contribution < 1.29 is 9.53 Å². The van der Waals surface area contributed by atoms with Crippen LogP contribution < -0.4 is 0 Å². The highest BCUT2D eigenvalue weighted by molar-refractivity contribution is 6.35. The minimum atomic E-state index is 0.267. The second-order valence-electron chi connectivity index (χ2n) is 4.31. The molecule has 0 unspecified atom stereocenters. The summed E-state index contributed by atoms with van der Waals surface area (Å²) in [6, 6.07) is 5.28. The Balaban J connectivity index is 2.25. The van der Waals surface area contributed by atoms with Gasteiger partial charge in [-0.2, -0.15) is 0 Å². The first-order valence-corrected chi connectivity index (χ1v) is 6.66. The molecule has 0 radical (unpaired) electrons. The van der Waals surface area contributed by atoms with E-state index in [9.17, 15) is 4.79 Å². The third-order valence-electron chi connectivity index (χ3n) is 3.11. The van der Waals surface area contributed by atoms with E-state index in [1.165, 1.54) is 0 Å². The fourth-order valence-corrected chi connectivity index (χ4v) is 2.54. The van der Waals surface area contributed by atoms with Crippen molar-refractivity contribution in [3.05, 3.63) is 39.4 Å². The molecule has 1 aliphatic heterocycles. The van der Waals surface area contributed by atoms with Crippen LogP contribution in [0.2, 0.25) is 10.0 Å². The molecule has 2 rings (SSSR count). The summed E-state index contributed by atoms with van der Waals surface area (Å²) in [5, 5.41) is 1.16. The molecule has 2 nitrogen and oxygen atoms in total. The molecule has 0 bridgehead atoms. The van der Waals surface area contributed by atoms with Gasteiger partial charge in [0.15, 0.2) is 0 Å². The summed E-state index contributed by atoms with van der Waals surface area (Å²) in [6.45, 7) is 1.42. The van der Waals surface area contributed by atoms with E-state index >= 15 is 0 Å². The summed E-state index contributed by atoms with van der Waals surface area (Å²) < 4.78 is 5.30. The van der Waals surface area contributed by atoms with Gasteiger partial charge in [-0.1, -0.05) is 29.3 Å². The van der Waals surface area contributed by atoms with Gasteiger partial charge < -0.3 is 4.74 Å². The van der Waals surface area contributed by atoms with Gasteiger partial charge in [-0.25, -0.2) is 0 Å². The molecule has 0 aliphatic carbocycles. The Morgan fingerprint density at radius 3 is 2.61 bits per heavy atom.